The average molecular weight is 253 g/mol. The van der Waals surface area contributed by atoms with Crippen LogP contribution in [0.3, 0.4) is 0 Å². The lowest BCUT2D eigenvalue weighted by Gasteiger charge is -2.21. The number of nitrogens with zero attached hydrogens (tertiary/aromatic N) is 1. The zero-order chi connectivity index (χ0) is 12.8. The van der Waals surface area contributed by atoms with E-state index in [0.717, 1.165) is 0 Å². The van der Waals surface area contributed by atoms with Crippen LogP contribution in [0.5, 0.6) is 0 Å². The molecule has 0 saturated carbocycles. The quantitative estimate of drug-likeness (QED) is 0.781. The molecule has 1 heterocycles. The maximum Gasteiger partial charge on any atom is 0.329 e. The molecule has 5 heteroatoms. The van der Waals surface area contributed by atoms with E-state index in [4.69, 9.17) is 11.6 Å². The van der Waals surface area contributed by atoms with E-state index in [1.807, 2.05) is 0 Å². The summed E-state index contributed by atoms with van der Waals surface area (Å²) in [5, 5.41) is 0.897. The fraction of sp³-hybridized carbons (Fsp3) is 0.333. The first-order valence-corrected chi connectivity index (χ1v) is 5.63. The van der Waals surface area contributed by atoms with Gasteiger partial charge in [-0.25, -0.2) is 4.79 Å². The Hall–Kier alpha value is -1.55. The molecule has 1 aromatic carbocycles. The van der Waals surface area contributed by atoms with E-state index in [-0.39, 0.29) is 5.56 Å². The lowest BCUT2D eigenvalue weighted by atomic mass is 10.1. The first-order chi connectivity index (χ1) is 7.80. The first kappa shape index (κ1) is 11.9. The molecule has 0 aliphatic rings. The van der Waals surface area contributed by atoms with E-state index in [0.29, 0.717) is 15.9 Å². The van der Waals surface area contributed by atoms with Gasteiger partial charge in [-0.1, -0.05) is 11.6 Å². The Kier molecular flexibility index (Phi) is 2.62. The maximum absolute atomic E-state index is 12.2. The highest BCUT2D eigenvalue weighted by Crippen LogP contribution is 2.15. The second kappa shape index (κ2) is 3.74. The van der Waals surface area contributed by atoms with Crippen LogP contribution in [0.25, 0.3) is 10.9 Å². The maximum atomic E-state index is 12.2. The molecule has 0 radical (unpaired) electrons. The van der Waals surface area contributed by atoms with Crippen LogP contribution in [0.15, 0.2) is 27.8 Å². The minimum Gasteiger partial charge on any atom is -0.307 e. The molecule has 0 aliphatic carbocycles. The Labute approximate surface area is 103 Å². The second-order valence-corrected chi connectivity index (χ2v) is 5.37. The number of benzene rings is 1. The van der Waals surface area contributed by atoms with Crippen molar-refractivity contribution in [3.05, 3.63) is 44.1 Å². The highest BCUT2D eigenvalue weighted by atomic mass is 35.5. The van der Waals surface area contributed by atoms with Gasteiger partial charge in [0.05, 0.1) is 10.9 Å². The predicted octanol–water partition coefficient (Wildman–Crippen LogP) is 2.10. The first-order valence-electron chi connectivity index (χ1n) is 5.26. The van der Waals surface area contributed by atoms with Gasteiger partial charge in [0, 0.05) is 10.6 Å². The number of hydrogen-bond donors (Lipinski definition) is 1. The Morgan fingerprint density at radius 1 is 1.24 bits per heavy atom. The summed E-state index contributed by atoms with van der Waals surface area (Å²) in [5.74, 6) is 0. The predicted molar refractivity (Wildman–Crippen MR) is 68.8 cm³/mol. The number of H-pyrrole nitrogens is 1. The molecule has 1 aromatic heterocycles. The van der Waals surface area contributed by atoms with Crippen molar-refractivity contribution in [2.45, 2.75) is 26.3 Å². The van der Waals surface area contributed by atoms with Gasteiger partial charge in [0.2, 0.25) is 0 Å². The molecular weight excluding hydrogens is 240 g/mol. The monoisotopic (exact) mass is 252 g/mol. The van der Waals surface area contributed by atoms with Crippen LogP contribution in [0.4, 0.5) is 0 Å². The van der Waals surface area contributed by atoms with Gasteiger partial charge in [0.25, 0.3) is 5.56 Å². The van der Waals surface area contributed by atoms with Crippen molar-refractivity contribution in [3.63, 3.8) is 0 Å². The van der Waals surface area contributed by atoms with Crippen LogP contribution in [0, 0.1) is 0 Å². The normalized spacial score (nSPS) is 12.0. The van der Waals surface area contributed by atoms with Crippen molar-refractivity contribution in [3.8, 4) is 0 Å². The summed E-state index contributed by atoms with van der Waals surface area (Å²) < 4.78 is 1.20. The molecule has 17 heavy (non-hydrogen) atoms. The van der Waals surface area contributed by atoms with Gasteiger partial charge in [-0.3, -0.25) is 9.36 Å². The summed E-state index contributed by atoms with van der Waals surface area (Å²) in [6.07, 6.45) is 0. The molecule has 0 amide bonds. The Bertz CT molecular complexity index is 692. The van der Waals surface area contributed by atoms with E-state index < -0.39 is 11.2 Å². The molecule has 0 saturated heterocycles. The third-order valence-corrected chi connectivity index (χ3v) is 2.77. The number of fused-ring (bicyclic) bond motifs is 1. The summed E-state index contributed by atoms with van der Waals surface area (Å²) in [5.41, 5.74) is -0.790. The van der Waals surface area contributed by atoms with Crippen molar-refractivity contribution in [2.75, 3.05) is 0 Å². The van der Waals surface area contributed by atoms with Gasteiger partial charge in [-0.2, -0.15) is 0 Å². The Balaban J connectivity index is 2.99. The summed E-state index contributed by atoms with van der Waals surface area (Å²) in [7, 11) is 0. The van der Waals surface area contributed by atoms with Crippen LogP contribution in [-0.2, 0) is 5.54 Å². The van der Waals surface area contributed by atoms with E-state index >= 15 is 0 Å². The SMILES string of the molecule is CC(C)(C)n1c(=O)[nH]c2ccc(Cl)cc2c1=O. The van der Waals surface area contributed by atoms with Crippen molar-refractivity contribution >= 4 is 22.5 Å². The number of rotatable bonds is 0. The van der Waals surface area contributed by atoms with Gasteiger partial charge in [-0.05, 0) is 39.0 Å². The summed E-state index contributed by atoms with van der Waals surface area (Å²) in [6, 6.07) is 4.84. The topological polar surface area (TPSA) is 54.9 Å². The smallest absolute Gasteiger partial charge is 0.307 e. The molecule has 0 bridgehead atoms. The third kappa shape index (κ3) is 2.00. The molecule has 1 N–H and O–H groups in total. The van der Waals surface area contributed by atoms with E-state index in [1.165, 1.54) is 4.57 Å². The molecular formula is C12H13ClN2O2. The van der Waals surface area contributed by atoms with E-state index in [9.17, 15) is 9.59 Å². The van der Waals surface area contributed by atoms with Crippen molar-refractivity contribution in [1.82, 2.24) is 9.55 Å². The fourth-order valence-corrected chi connectivity index (χ4v) is 1.97. The molecule has 0 aliphatic heterocycles. The van der Waals surface area contributed by atoms with Gasteiger partial charge in [-0.15, -0.1) is 0 Å². The largest absolute Gasteiger partial charge is 0.329 e. The molecule has 2 aromatic rings. The highest BCUT2D eigenvalue weighted by molar-refractivity contribution is 6.31. The van der Waals surface area contributed by atoms with Gasteiger partial charge >= 0.3 is 5.69 Å². The molecule has 0 unspecified atom stereocenters. The van der Waals surface area contributed by atoms with E-state index in [2.05, 4.69) is 4.98 Å². The summed E-state index contributed by atoms with van der Waals surface area (Å²) in [4.78, 5) is 26.8. The Morgan fingerprint density at radius 2 is 1.88 bits per heavy atom. The van der Waals surface area contributed by atoms with Crippen molar-refractivity contribution in [1.29, 1.82) is 0 Å². The zero-order valence-corrected chi connectivity index (χ0v) is 10.6. The molecule has 90 valence electrons. The fourth-order valence-electron chi connectivity index (χ4n) is 1.80. The van der Waals surface area contributed by atoms with Crippen molar-refractivity contribution < 1.29 is 0 Å². The van der Waals surface area contributed by atoms with E-state index in [1.54, 1.807) is 39.0 Å². The van der Waals surface area contributed by atoms with Crippen molar-refractivity contribution in [2.24, 2.45) is 0 Å². The zero-order valence-electron chi connectivity index (χ0n) is 9.87. The second-order valence-electron chi connectivity index (χ2n) is 4.93. The minimum atomic E-state index is -0.568. The number of nitrogens with one attached hydrogen (secondary N) is 1. The standard InChI is InChI=1S/C12H13ClN2O2/c1-12(2,3)15-10(16)8-6-7(13)4-5-9(8)14-11(15)17/h4-6H,1-3H3,(H,14,17). The number of aromatic nitrogens is 2. The highest BCUT2D eigenvalue weighted by Gasteiger charge is 2.19. The van der Waals surface area contributed by atoms with Crippen LogP contribution in [0.1, 0.15) is 20.8 Å². The lowest BCUT2D eigenvalue weighted by Crippen LogP contribution is -2.44. The number of aromatic amines is 1. The van der Waals surface area contributed by atoms with Gasteiger partial charge < -0.3 is 4.98 Å². The molecule has 4 nitrogen and oxygen atoms in total. The average Bonchev–Trinajstić information content (AvgIpc) is 2.17. The number of hydrogen-bond acceptors (Lipinski definition) is 2. The molecule has 0 spiro atoms. The Morgan fingerprint density at radius 3 is 2.47 bits per heavy atom. The minimum absolute atomic E-state index is 0.321. The van der Waals surface area contributed by atoms with Crippen LogP contribution in [-0.4, -0.2) is 9.55 Å². The third-order valence-electron chi connectivity index (χ3n) is 2.53. The summed E-state index contributed by atoms with van der Waals surface area (Å²) >= 11 is 5.86. The molecule has 2 rings (SSSR count). The van der Waals surface area contributed by atoms with Crippen LogP contribution < -0.4 is 11.2 Å². The summed E-state index contributed by atoms with van der Waals surface area (Å²) in [6.45, 7) is 5.42. The molecule has 0 atom stereocenters. The number of halogens is 1. The molecule has 0 fully saturated rings. The van der Waals surface area contributed by atoms with Gasteiger partial charge in [0.15, 0.2) is 0 Å². The van der Waals surface area contributed by atoms with Crippen LogP contribution in [0.2, 0.25) is 5.02 Å². The van der Waals surface area contributed by atoms with Gasteiger partial charge in [0.1, 0.15) is 0 Å². The lowest BCUT2D eigenvalue weighted by molar-refractivity contribution is 0.369. The van der Waals surface area contributed by atoms with Crippen LogP contribution >= 0.6 is 11.6 Å².